The van der Waals surface area contributed by atoms with Crippen LogP contribution in [0.3, 0.4) is 0 Å². The number of benzene rings is 2. The number of ether oxygens (including phenoxy) is 1. The van der Waals surface area contributed by atoms with Gasteiger partial charge in [-0.2, -0.15) is 0 Å². The molecular formula is C18H18FNO2. The average Bonchev–Trinajstić information content (AvgIpc) is 2.55. The van der Waals surface area contributed by atoms with Gasteiger partial charge in [-0.25, -0.2) is 4.39 Å². The highest BCUT2D eigenvalue weighted by Crippen LogP contribution is 2.12. The highest BCUT2D eigenvalue weighted by Gasteiger charge is 1.97. The molecule has 0 radical (unpaired) electrons. The maximum atomic E-state index is 12.8. The van der Waals surface area contributed by atoms with Gasteiger partial charge >= 0.3 is 0 Å². The topological polar surface area (TPSA) is 38.3 Å². The summed E-state index contributed by atoms with van der Waals surface area (Å²) in [6, 6.07) is 13.7. The minimum atomic E-state index is -0.254. The first-order valence-electron chi connectivity index (χ1n) is 7.02. The standard InChI is InChI=1S/C18H18FNO2/c1-22-17-9-4-14(5-10-17)6-11-18(21)20-13-12-15-2-7-16(19)8-3-15/h2-11H,12-13H2,1H3,(H,20,21). The summed E-state index contributed by atoms with van der Waals surface area (Å²) in [5, 5.41) is 2.79. The zero-order chi connectivity index (χ0) is 15.8. The van der Waals surface area contributed by atoms with Crippen molar-refractivity contribution in [2.45, 2.75) is 6.42 Å². The van der Waals surface area contributed by atoms with Gasteiger partial charge in [0.2, 0.25) is 5.91 Å². The van der Waals surface area contributed by atoms with E-state index in [0.29, 0.717) is 13.0 Å². The van der Waals surface area contributed by atoms with Gasteiger partial charge in [0.1, 0.15) is 11.6 Å². The minimum Gasteiger partial charge on any atom is -0.497 e. The summed E-state index contributed by atoms with van der Waals surface area (Å²) in [6.07, 6.45) is 3.90. The molecule has 3 nitrogen and oxygen atoms in total. The molecule has 2 aromatic carbocycles. The molecule has 2 aromatic rings. The number of halogens is 1. The molecule has 0 aliphatic heterocycles. The van der Waals surface area contributed by atoms with Crippen molar-refractivity contribution < 1.29 is 13.9 Å². The fraction of sp³-hybridized carbons (Fsp3) is 0.167. The second-order valence-corrected chi connectivity index (χ2v) is 4.77. The van der Waals surface area contributed by atoms with Crippen molar-refractivity contribution in [1.29, 1.82) is 0 Å². The maximum absolute atomic E-state index is 12.8. The third-order valence-corrected chi connectivity index (χ3v) is 3.17. The summed E-state index contributed by atoms with van der Waals surface area (Å²) in [6.45, 7) is 0.511. The highest BCUT2D eigenvalue weighted by atomic mass is 19.1. The number of carbonyl (C=O) groups excluding carboxylic acids is 1. The molecule has 114 valence electrons. The van der Waals surface area contributed by atoms with Crippen molar-refractivity contribution in [2.75, 3.05) is 13.7 Å². The Morgan fingerprint density at radius 3 is 2.45 bits per heavy atom. The van der Waals surface area contributed by atoms with Gasteiger partial charge in [-0.15, -0.1) is 0 Å². The number of amides is 1. The lowest BCUT2D eigenvalue weighted by atomic mass is 10.1. The Labute approximate surface area is 129 Å². The molecule has 0 saturated carbocycles. The van der Waals surface area contributed by atoms with E-state index in [2.05, 4.69) is 5.32 Å². The van der Waals surface area contributed by atoms with Crippen molar-refractivity contribution >= 4 is 12.0 Å². The fourth-order valence-corrected chi connectivity index (χ4v) is 1.93. The van der Waals surface area contributed by atoms with E-state index in [4.69, 9.17) is 4.74 Å². The first-order valence-corrected chi connectivity index (χ1v) is 7.02. The van der Waals surface area contributed by atoms with E-state index in [1.165, 1.54) is 18.2 Å². The lowest BCUT2D eigenvalue weighted by Crippen LogP contribution is -2.23. The van der Waals surface area contributed by atoms with Crippen molar-refractivity contribution in [3.63, 3.8) is 0 Å². The van der Waals surface area contributed by atoms with Gasteiger partial charge < -0.3 is 10.1 Å². The Kier molecular flexibility index (Phi) is 5.72. The van der Waals surface area contributed by atoms with Crippen molar-refractivity contribution in [1.82, 2.24) is 5.32 Å². The van der Waals surface area contributed by atoms with Gasteiger partial charge in [-0.1, -0.05) is 24.3 Å². The van der Waals surface area contributed by atoms with Gasteiger partial charge in [0.15, 0.2) is 0 Å². The third kappa shape index (κ3) is 5.05. The highest BCUT2D eigenvalue weighted by molar-refractivity contribution is 5.91. The summed E-state index contributed by atoms with van der Waals surface area (Å²) < 4.78 is 17.8. The van der Waals surface area contributed by atoms with Gasteiger partial charge in [-0.05, 0) is 47.9 Å². The summed E-state index contributed by atoms with van der Waals surface area (Å²) in [5.74, 6) is 0.369. The Balaban J connectivity index is 1.77. The Bertz CT molecular complexity index is 633. The molecule has 0 aliphatic rings. The molecule has 0 aliphatic carbocycles. The van der Waals surface area contributed by atoms with Crippen LogP contribution in [0.1, 0.15) is 11.1 Å². The molecule has 2 rings (SSSR count). The van der Waals surface area contributed by atoms with Crippen LogP contribution in [0.25, 0.3) is 6.08 Å². The van der Waals surface area contributed by atoms with E-state index in [-0.39, 0.29) is 11.7 Å². The summed E-state index contributed by atoms with van der Waals surface area (Å²) >= 11 is 0. The first kappa shape index (κ1) is 15.8. The largest absolute Gasteiger partial charge is 0.497 e. The second kappa shape index (κ2) is 7.98. The zero-order valence-electron chi connectivity index (χ0n) is 12.4. The molecule has 0 bridgehead atoms. The van der Waals surface area contributed by atoms with Crippen molar-refractivity contribution in [2.24, 2.45) is 0 Å². The van der Waals surface area contributed by atoms with Gasteiger partial charge in [-0.3, -0.25) is 4.79 Å². The molecule has 0 atom stereocenters. The van der Waals surface area contributed by atoms with Crippen LogP contribution in [0.4, 0.5) is 4.39 Å². The van der Waals surface area contributed by atoms with Gasteiger partial charge in [0.25, 0.3) is 0 Å². The SMILES string of the molecule is COc1ccc(C=CC(=O)NCCc2ccc(F)cc2)cc1. The number of hydrogen-bond acceptors (Lipinski definition) is 2. The molecule has 4 heteroatoms. The molecule has 22 heavy (non-hydrogen) atoms. The van der Waals surface area contributed by atoms with Crippen LogP contribution in [0.2, 0.25) is 0 Å². The lowest BCUT2D eigenvalue weighted by molar-refractivity contribution is -0.116. The van der Waals surface area contributed by atoms with E-state index < -0.39 is 0 Å². The normalized spacial score (nSPS) is 10.6. The van der Waals surface area contributed by atoms with Crippen molar-refractivity contribution in [3.05, 3.63) is 71.6 Å². The molecule has 1 N–H and O–H groups in total. The average molecular weight is 299 g/mol. The van der Waals surface area contributed by atoms with Crippen LogP contribution in [0.15, 0.2) is 54.6 Å². The molecule has 1 amide bonds. The third-order valence-electron chi connectivity index (χ3n) is 3.17. The molecule has 0 spiro atoms. The van der Waals surface area contributed by atoms with E-state index in [9.17, 15) is 9.18 Å². The number of hydrogen-bond donors (Lipinski definition) is 1. The van der Waals surface area contributed by atoms with Crippen LogP contribution in [0, 0.1) is 5.82 Å². The van der Waals surface area contributed by atoms with Crippen LogP contribution in [-0.4, -0.2) is 19.6 Å². The van der Waals surface area contributed by atoms with Crippen LogP contribution >= 0.6 is 0 Å². The monoisotopic (exact) mass is 299 g/mol. The Hall–Kier alpha value is -2.62. The van der Waals surface area contributed by atoms with E-state index in [1.54, 1.807) is 25.3 Å². The van der Waals surface area contributed by atoms with E-state index in [1.807, 2.05) is 24.3 Å². The lowest BCUT2D eigenvalue weighted by Gasteiger charge is -2.03. The second-order valence-electron chi connectivity index (χ2n) is 4.77. The predicted octanol–water partition coefficient (Wildman–Crippen LogP) is 3.21. The minimum absolute atomic E-state index is 0.155. The van der Waals surface area contributed by atoms with Crippen LogP contribution in [0.5, 0.6) is 5.75 Å². The zero-order valence-corrected chi connectivity index (χ0v) is 12.4. The molecule has 0 heterocycles. The van der Waals surface area contributed by atoms with Gasteiger partial charge in [0.05, 0.1) is 7.11 Å². The summed E-state index contributed by atoms with van der Waals surface area (Å²) in [7, 11) is 1.61. The molecule has 0 aromatic heterocycles. The van der Waals surface area contributed by atoms with Crippen molar-refractivity contribution in [3.8, 4) is 5.75 Å². The quantitative estimate of drug-likeness (QED) is 0.832. The number of rotatable bonds is 6. The number of carbonyl (C=O) groups is 1. The smallest absolute Gasteiger partial charge is 0.244 e. The maximum Gasteiger partial charge on any atom is 0.244 e. The fourth-order valence-electron chi connectivity index (χ4n) is 1.93. The predicted molar refractivity (Wildman–Crippen MR) is 85.1 cm³/mol. The first-order chi connectivity index (χ1) is 10.7. The number of nitrogens with one attached hydrogen (secondary N) is 1. The molecule has 0 fully saturated rings. The van der Waals surface area contributed by atoms with E-state index >= 15 is 0 Å². The Morgan fingerprint density at radius 2 is 1.82 bits per heavy atom. The molecular weight excluding hydrogens is 281 g/mol. The van der Waals surface area contributed by atoms with Crippen LogP contribution < -0.4 is 10.1 Å². The Morgan fingerprint density at radius 1 is 1.14 bits per heavy atom. The summed E-state index contributed by atoms with van der Waals surface area (Å²) in [5.41, 5.74) is 1.91. The van der Waals surface area contributed by atoms with Crippen LogP contribution in [-0.2, 0) is 11.2 Å². The molecule has 0 saturated heterocycles. The van der Waals surface area contributed by atoms with E-state index in [0.717, 1.165) is 16.9 Å². The summed E-state index contributed by atoms with van der Waals surface area (Å²) in [4.78, 5) is 11.7. The molecule has 0 unspecified atom stereocenters. The number of methoxy groups -OCH3 is 1. The van der Waals surface area contributed by atoms with Gasteiger partial charge in [0, 0.05) is 12.6 Å².